The van der Waals surface area contributed by atoms with Crippen LogP contribution in [0.5, 0.6) is 17.2 Å². The molecule has 2 heterocycles. The van der Waals surface area contributed by atoms with Crippen molar-refractivity contribution in [1.29, 1.82) is 0 Å². The van der Waals surface area contributed by atoms with Gasteiger partial charge in [-0.05, 0) is 18.9 Å². The predicted octanol–water partition coefficient (Wildman–Crippen LogP) is 4.29. The zero-order valence-electron chi connectivity index (χ0n) is 15.7. The fourth-order valence-corrected chi connectivity index (χ4v) is 4.04. The molecule has 0 saturated heterocycles. The van der Waals surface area contributed by atoms with Crippen molar-refractivity contribution in [2.24, 2.45) is 7.05 Å². The van der Waals surface area contributed by atoms with Gasteiger partial charge in [0.2, 0.25) is 5.75 Å². The molecule has 0 radical (unpaired) electrons. The van der Waals surface area contributed by atoms with Gasteiger partial charge in [-0.25, -0.2) is 0 Å². The van der Waals surface area contributed by atoms with Crippen LogP contribution in [0.15, 0.2) is 36.4 Å². The smallest absolute Gasteiger partial charge is 0.203 e. The molecule has 0 saturated carbocycles. The van der Waals surface area contributed by atoms with E-state index in [1.54, 1.807) is 21.3 Å². The molecule has 5 heteroatoms. The van der Waals surface area contributed by atoms with Crippen molar-refractivity contribution < 1.29 is 14.2 Å². The van der Waals surface area contributed by atoms with Crippen molar-refractivity contribution in [2.75, 3.05) is 32.8 Å². The lowest BCUT2D eigenvalue weighted by atomic mass is 10.0. The van der Waals surface area contributed by atoms with E-state index < -0.39 is 0 Å². The van der Waals surface area contributed by atoms with E-state index in [-0.39, 0.29) is 0 Å². The fraction of sp³-hybridized carbons (Fsp3) is 0.333. The normalized spacial score (nSPS) is 13.6. The zero-order valence-corrected chi connectivity index (χ0v) is 15.7. The monoisotopic (exact) mass is 352 g/mol. The van der Waals surface area contributed by atoms with E-state index in [0.717, 1.165) is 25.1 Å². The number of aromatic nitrogens is 1. The Hall–Kier alpha value is -2.82. The van der Waals surface area contributed by atoms with Crippen molar-refractivity contribution in [2.45, 2.75) is 12.8 Å². The molecule has 0 spiro atoms. The van der Waals surface area contributed by atoms with Crippen LogP contribution in [0.2, 0.25) is 0 Å². The van der Waals surface area contributed by atoms with Gasteiger partial charge in [0.1, 0.15) is 5.82 Å². The number of rotatable bonds is 4. The number of hydrogen-bond acceptors (Lipinski definition) is 4. The van der Waals surface area contributed by atoms with Gasteiger partial charge in [-0.1, -0.05) is 18.2 Å². The van der Waals surface area contributed by atoms with Crippen molar-refractivity contribution in [3.05, 3.63) is 42.0 Å². The number of benzene rings is 2. The number of ether oxygens (including phenoxy) is 3. The van der Waals surface area contributed by atoms with E-state index in [9.17, 15) is 0 Å². The Morgan fingerprint density at radius 2 is 1.62 bits per heavy atom. The van der Waals surface area contributed by atoms with Crippen LogP contribution in [0.4, 0.5) is 11.5 Å². The summed E-state index contributed by atoms with van der Waals surface area (Å²) in [5.41, 5.74) is 3.71. The summed E-state index contributed by atoms with van der Waals surface area (Å²) in [6, 6.07) is 12.6. The van der Waals surface area contributed by atoms with Crippen LogP contribution in [-0.2, 0) is 13.5 Å². The van der Waals surface area contributed by atoms with E-state index in [1.807, 2.05) is 12.1 Å². The fourth-order valence-electron chi connectivity index (χ4n) is 4.04. The SMILES string of the molecule is COc1cc(N2CCCc3c2n(C)c2ccccc32)cc(OC)c1OC. The first-order valence-corrected chi connectivity index (χ1v) is 8.83. The van der Waals surface area contributed by atoms with Gasteiger partial charge >= 0.3 is 0 Å². The molecule has 26 heavy (non-hydrogen) atoms. The molecule has 1 aromatic heterocycles. The lowest BCUT2D eigenvalue weighted by Gasteiger charge is -2.31. The Kier molecular flexibility index (Phi) is 4.15. The van der Waals surface area contributed by atoms with Crippen LogP contribution in [0.1, 0.15) is 12.0 Å². The number of para-hydroxylation sites is 1. The molecule has 0 unspecified atom stereocenters. The van der Waals surface area contributed by atoms with Crippen LogP contribution in [0.3, 0.4) is 0 Å². The van der Waals surface area contributed by atoms with Crippen molar-refractivity contribution in [3.8, 4) is 17.2 Å². The van der Waals surface area contributed by atoms with E-state index in [1.165, 1.54) is 22.3 Å². The summed E-state index contributed by atoms with van der Waals surface area (Å²) in [5, 5.41) is 1.34. The molecule has 136 valence electrons. The molecule has 1 aliphatic rings. The molecule has 0 aliphatic carbocycles. The molecule has 5 nitrogen and oxygen atoms in total. The van der Waals surface area contributed by atoms with Gasteiger partial charge in [0.25, 0.3) is 0 Å². The van der Waals surface area contributed by atoms with E-state index in [0.29, 0.717) is 17.2 Å². The van der Waals surface area contributed by atoms with Gasteiger partial charge < -0.3 is 23.7 Å². The number of hydrogen-bond donors (Lipinski definition) is 0. The molecular formula is C21H24N2O3. The average molecular weight is 352 g/mol. The lowest BCUT2D eigenvalue weighted by Crippen LogP contribution is -2.26. The Bertz CT molecular complexity index is 936. The minimum atomic E-state index is 0.619. The molecule has 1 aliphatic heterocycles. The summed E-state index contributed by atoms with van der Waals surface area (Å²) in [7, 11) is 7.07. The van der Waals surface area contributed by atoms with Crippen molar-refractivity contribution in [1.82, 2.24) is 4.57 Å². The lowest BCUT2D eigenvalue weighted by molar-refractivity contribution is 0.324. The maximum atomic E-state index is 5.55. The second-order valence-electron chi connectivity index (χ2n) is 6.52. The third-order valence-electron chi connectivity index (χ3n) is 5.20. The Morgan fingerprint density at radius 3 is 2.27 bits per heavy atom. The molecule has 0 atom stereocenters. The third kappa shape index (κ3) is 2.38. The summed E-state index contributed by atoms with van der Waals surface area (Å²) >= 11 is 0. The maximum Gasteiger partial charge on any atom is 0.203 e. The number of fused-ring (bicyclic) bond motifs is 3. The second kappa shape index (κ2) is 6.48. The van der Waals surface area contributed by atoms with Crippen molar-refractivity contribution in [3.63, 3.8) is 0 Å². The first kappa shape index (κ1) is 16.6. The predicted molar refractivity (Wildman–Crippen MR) is 104 cm³/mol. The van der Waals surface area contributed by atoms with Crippen LogP contribution in [0.25, 0.3) is 10.9 Å². The van der Waals surface area contributed by atoms with E-state index in [4.69, 9.17) is 14.2 Å². The molecule has 3 aromatic rings. The summed E-state index contributed by atoms with van der Waals surface area (Å²) in [6.07, 6.45) is 2.20. The van der Waals surface area contributed by atoms with Crippen LogP contribution in [-0.4, -0.2) is 32.4 Å². The summed E-state index contributed by atoms with van der Waals surface area (Å²) < 4.78 is 18.9. The first-order valence-electron chi connectivity index (χ1n) is 8.83. The number of nitrogens with zero attached hydrogens (tertiary/aromatic N) is 2. The van der Waals surface area contributed by atoms with Gasteiger partial charge in [0, 0.05) is 47.9 Å². The minimum Gasteiger partial charge on any atom is -0.493 e. The highest BCUT2D eigenvalue weighted by Gasteiger charge is 2.26. The van der Waals surface area contributed by atoms with Gasteiger partial charge in [0.15, 0.2) is 11.5 Å². The van der Waals surface area contributed by atoms with Gasteiger partial charge in [0.05, 0.1) is 21.3 Å². The van der Waals surface area contributed by atoms with E-state index in [2.05, 4.69) is 40.8 Å². The van der Waals surface area contributed by atoms with Gasteiger partial charge in [-0.3, -0.25) is 0 Å². The molecule has 2 aromatic carbocycles. The van der Waals surface area contributed by atoms with Gasteiger partial charge in [-0.15, -0.1) is 0 Å². The average Bonchev–Trinajstić information content (AvgIpc) is 2.99. The standard InChI is InChI=1S/C21H24N2O3/c1-22-17-10-6-5-8-15(17)16-9-7-11-23(21(16)22)14-12-18(24-2)20(26-4)19(13-14)25-3/h5-6,8,10,12-13H,7,9,11H2,1-4H3. The maximum absolute atomic E-state index is 5.55. The highest BCUT2D eigenvalue weighted by atomic mass is 16.5. The topological polar surface area (TPSA) is 35.9 Å². The Balaban J connectivity index is 1.92. The Labute approximate surface area is 153 Å². The molecular weight excluding hydrogens is 328 g/mol. The number of anilines is 2. The highest BCUT2D eigenvalue weighted by molar-refractivity contribution is 5.92. The Morgan fingerprint density at radius 1 is 0.923 bits per heavy atom. The molecule has 0 fully saturated rings. The van der Waals surface area contributed by atoms with Crippen molar-refractivity contribution >= 4 is 22.4 Å². The number of methoxy groups -OCH3 is 3. The summed E-state index contributed by atoms with van der Waals surface area (Å²) in [6.45, 7) is 0.954. The molecule has 0 N–H and O–H groups in total. The largest absolute Gasteiger partial charge is 0.493 e. The highest BCUT2D eigenvalue weighted by Crippen LogP contribution is 2.45. The summed E-state index contributed by atoms with van der Waals surface area (Å²) in [5.74, 6) is 3.21. The van der Waals surface area contributed by atoms with E-state index >= 15 is 0 Å². The van der Waals surface area contributed by atoms with Crippen LogP contribution in [0, 0.1) is 0 Å². The van der Waals surface area contributed by atoms with Crippen LogP contribution >= 0.6 is 0 Å². The van der Waals surface area contributed by atoms with Crippen LogP contribution < -0.4 is 19.1 Å². The molecule has 0 amide bonds. The number of aryl methyl sites for hydroxylation is 2. The first-order chi connectivity index (χ1) is 12.7. The summed E-state index contributed by atoms with van der Waals surface area (Å²) in [4.78, 5) is 2.35. The quantitative estimate of drug-likeness (QED) is 0.702. The van der Waals surface area contributed by atoms with Gasteiger partial charge in [-0.2, -0.15) is 0 Å². The molecule has 0 bridgehead atoms. The third-order valence-corrected chi connectivity index (χ3v) is 5.20. The molecule has 4 rings (SSSR count). The minimum absolute atomic E-state index is 0.619. The second-order valence-corrected chi connectivity index (χ2v) is 6.52. The zero-order chi connectivity index (χ0) is 18.3.